The second-order valence-electron chi connectivity index (χ2n) is 11.2. The van der Waals surface area contributed by atoms with Crippen molar-refractivity contribution in [2.75, 3.05) is 6.54 Å². The van der Waals surface area contributed by atoms with Crippen molar-refractivity contribution >= 4 is 15.6 Å². The minimum atomic E-state index is -3.69. The molecule has 0 saturated carbocycles. The summed E-state index contributed by atoms with van der Waals surface area (Å²) in [6.07, 6.45) is 0.813. The molecule has 0 bridgehead atoms. The van der Waals surface area contributed by atoms with Crippen molar-refractivity contribution < 1.29 is 8.42 Å². The van der Waals surface area contributed by atoms with Crippen LogP contribution in [0.5, 0.6) is 0 Å². The Morgan fingerprint density at radius 2 is 1.56 bits per heavy atom. The van der Waals surface area contributed by atoms with Crippen LogP contribution in [-0.2, 0) is 10.0 Å². The molecule has 3 aromatic carbocycles. The van der Waals surface area contributed by atoms with E-state index < -0.39 is 10.0 Å². The van der Waals surface area contributed by atoms with Gasteiger partial charge in [0.05, 0.1) is 4.90 Å². The van der Waals surface area contributed by atoms with E-state index in [4.69, 9.17) is 0 Å². The zero-order chi connectivity index (χ0) is 25.8. The lowest BCUT2D eigenvalue weighted by atomic mass is 9.64. The van der Waals surface area contributed by atoms with Crippen LogP contribution < -0.4 is 0 Å². The summed E-state index contributed by atoms with van der Waals surface area (Å²) in [6.45, 7) is 15.4. The zero-order valence-corrected chi connectivity index (χ0v) is 22.8. The molecule has 3 aromatic rings. The second kappa shape index (κ2) is 9.32. The molecule has 2 aliphatic rings. The van der Waals surface area contributed by atoms with Crippen molar-refractivity contribution in [3.8, 4) is 0 Å². The molecular formula is C32H37NO2S. The Kier molecular flexibility index (Phi) is 6.46. The second-order valence-corrected chi connectivity index (χ2v) is 13.0. The van der Waals surface area contributed by atoms with Crippen LogP contribution >= 0.6 is 0 Å². The van der Waals surface area contributed by atoms with Gasteiger partial charge in [-0.15, -0.1) is 0 Å². The summed E-state index contributed by atoms with van der Waals surface area (Å²) < 4.78 is 30.7. The van der Waals surface area contributed by atoms with E-state index in [2.05, 4.69) is 69.0 Å². The maximum Gasteiger partial charge on any atom is 0.243 e. The standard InChI is InChI=1S/C32H37NO2S/c1-20(2)16-29-30-24(6)26-14-10-11-15-27(26)31(25-12-8-7-9-13-25)28(30)19-33(29)36(34,35)32-22(4)17-21(3)18-23(32)5/h7-15,17-18,20,28-31H,6,16,19H2,1-5H3/t28-,29+,30-,31+/m1/s1. The van der Waals surface area contributed by atoms with Crippen molar-refractivity contribution in [1.82, 2.24) is 4.31 Å². The summed E-state index contributed by atoms with van der Waals surface area (Å²) in [5.74, 6) is 0.715. The number of rotatable bonds is 5. The normalized spacial score (nSPS) is 24.1. The maximum atomic E-state index is 14.4. The Morgan fingerprint density at radius 3 is 2.19 bits per heavy atom. The highest BCUT2D eigenvalue weighted by atomic mass is 32.2. The van der Waals surface area contributed by atoms with Crippen LogP contribution in [0, 0.1) is 38.5 Å². The lowest BCUT2D eigenvalue weighted by molar-refractivity contribution is 0.310. The first-order valence-electron chi connectivity index (χ1n) is 13.0. The number of sulfonamides is 1. The van der Waals surface area contributed by atoms with E-state index >= 15 is 0 Å². The van der Waals surface area contributed by atoms with Crippen LogP contribution in [0.15, 0.2) is 78.2 Å². The van der Waals surface area contributed by atoms with E-state index in [0.717, 1.165) is 28.7 Å². The largest absolute Gasteiger partial charge is 0.243 e. The van der Waals surface area contributed by atoms with Gasteiger partial charge in [0.25, 0.3) is 0 Å². The summed E-state index contributed by atoms with van der Waals surface area (Å²) >= 11 is 0. The maximum absolute atomic E-state index is 14.4. The van der Waals surface area contributed by atoms with Gasteiger partial charge < -0.3 is 0 Å². The molecule has 4 heteroatoms. The van der Waals surface area contributed by atoms with Crippen LogP contribution in [0.1, 0.15) is 59.6 Å². The van der Waals surface area contributed by atoms with Crippen LogP contribution in [-0.4, -0.2) is 25.3 Å². The number of aryl methyl sites for hydroxylation is 3. The molecule has 36 heavy (non-hydrogen) atoms. The molecule has 1 aliphatic heterocycles. The molecule has 1 heterocycles. The zero-order valence-electron chi connectivity index (χ0n) is 22.0. The van der Waals surface area contributed by atoms with Crippen LogP contribution in [0.4, 0.5) is 0 Å². The average Bonchev–Trinajstić information content (AvgIpc) is 3.18. The fourth-order valence-corrected chi connectivity index (χ4v) is 9.11. The van der Waals surface area contributed by atoms with Gasteiger partial charge in [0.1, 0.15) is 0 Å². The van der Waals surface area contributed by atoms with Gasteiger partial charge in [0.15, 0.2) is 0 Å². The molecule has 0 aromatic heterocycles. The number of nitrogens with zero attached hydrogens (tertiary/aromatic N) is 1. The molecule has 3 nitrogen and oxygen atoms in total. The fourth-order valence-electron chi connectivity index (χ4n) is 7.00. The molecule has 1 saturated heterocycles. The third kappa shape index (κ3) is 4.05. The van der Waals surface area contributed by atoms with Gasteiger partial charge in [0.2, 0.25) is 10.0 Å². The molecular weight excluding hydrogens is 462 g/mol. The third-order valence-corrected chi connectivity index (χ3v) is 10.3. The summed E-state index contributed by atoms with van der Waals surface area (Å²) in [5.41, 5.74) is 7.52. The number of hydrogen-bond donors (Lipinski definition) is 0. The van der Waals surface area contributed by atoms with E-state index in [-0.39, 0.29) is 23.8 Å². The van der Waals surface area contributed by atoms with Crippen molar-refractivity contribution in [1.29, 1.82) is 0 Å². The molecule has 0 spiro atoms. The molecule has 1 aliphatic carbocycles. The Bertz CT molecular complexity index is 1380. The van der Waals surface area contributed by atoms with Gasteiger partial charge in [-0.05, 0) is 72.4 Å². The molecule has 5 rings (SSSR count). The smallest absolute Gasteiger partial charge is 0.207 e. The van der Waals surface area contributed by atoms with E-state index in [1.54, 1.807) is 0 Å². The quantitative estimate of drug-likeness (QED) is 0.375. The fraction of sp³-hybridized carbons (Fsp3) is 0.375. The van der Waals surface area contributed by atoms with Gasteiger partial charge in [-0.25, -0.2) is 8.42 Å². The number of fused-ring (bicyclic) bond motifs is 2. The highest BCUT2D eigenvalue weighted by Crippen LogP contribution is 2.55. The Labute approximate surface area is 216 Å². The molecule has 4 atom stereocenters. The lowest BCUT2D eigenvalue weighted by Gasteiger charge is -2.39. The number of benzene rings is 3. The highest BCUT2D eigenvalue weighted by Gasteiger charge is 2.54. The Hall–Kier alpha value is -2.69. The monoisotopic (exact) mass is 499 g/mol. The first-order valence-corrected chi connectivity index (χ1v) is 14.5. The molecule has 188 valence electrons. The summed E-state index contributed by atoms with van der Waals surface area (Å²) in [5, 5.41) is 0. The van der Waals surface area contributed by atoms with E-state index in [1.807, 2.05) is 43.3 Å². The van der Waals surface area contributed by atoms with E-state index in [1.165, 1.54) is 16.7 Å². The van der Waals surface area contributed by atoms with E-state index in [0.29, 0.717) is 17.4 Å². The van der Waals surface area contributed by atoms with Crippen LogP contribution in [0.25, 0.3) is 5.57 Å². The predicted octanol–water partition coefficient (Wildman–Crippen LogP) is 7.12. The van der Waals surface area contributed by atoms with Crippen molar-refractivity contribution in [2.24, 2.45) is 17.8 Å². The molecule has 1 fully saturated rings. The lowest BCUT2D eigenvalue weighted by Crippen LogP contribution is -2.39. The average molecular weight is 500 g/mol. The SMILES string of the molecule is C=C1c2ccccc2[C@H](c2ccccc2)[C@@H]2CN(S(=O)(=O)c3c(C)cc(C)cc3C)[C@@H](CC(C)C)[C@H]12. The van der Waals surface area contributed by atoms with Gasteiger partial charge in [-0.2, -0.15) is 4.31 Å². The van der Waals surface area contributed by atoms with Crippen LogP contribution in [0.3, 0.4) is 0 Å². The third-order valence-electron chi connectivity index (χ3n) is 8.15. The molecule has 0 amide bonds. The first-order chi connectivity index (χ1) is 17.1. The van der Waals surface area contributed by atoms with Gasteiger partial charge in [0, 0.05) is 24.4 Å². The number of hydrogen-bond acceptors (Lipinski definition) is 2. The van der Waals surface area contributed by atoms with Crippen molar-refractivity contribution in [3.05, 3.63) is 107 Å². The Morgan fingerprint density at radius 1 is 0.944 bits per heavy atom. The minimum Gasteiger partial charge on any atom is -0.207 e. The van der Waals surface area contributed by atoms with Crippen LogP contribution in [0.2, 0.25) is 0 Å². The summed E-state index contributed by atoms with van der Waals surface area (Å²) in [6, 6.07) is 23.0. The highest BCUT2D eigenvalue weighted by molar-refractivity contribution is 7.89. The predicted molar refractivity (Wildman–Crippen MR) is 149 cm³/mol. The van der Waals surface area contributed by atoms with Crippen molar-refractivity contribution in [3.63, 3.8) is 0 Å². The van der Waals surface area contributed by atoms with Gasteiger partial charge in [-0.1, -0.05) is 92.7 Å². The molecule has 0 radical (unpaired) electrons. The first kappa shape index (κ1) is 25.0. The van der Waals surface area contributed by atoms with Crippen molar-refractivity contribution in [2.45, 2.75) is 57.9 Å². The minimum absolute atomic E-state index is 0.0772. The summed E-state index contributed by atoms with van der Waals surface area (Å²) in [7, 11) is -3.69. The molecule has 0 unspecified atom stereocenters. The molecule has 0 N–H and O–H groups in total. The van der Waals surface area contributed by atoms with Gasteiger partial charge in [-0.3, -0.25) is 0 Å². The van der Waals surface area contributed by atoms with Gasteiger partial charge >= 0.3 is 0 Å². The summed E-state index contributed by atoms with van der Waals surface area (Å²) in [4.78, 5) is 0.472. The Balaban J connectivity index is 1.69. The van der Waals surface area contributed by atoms with E-state index in [9.17, 15) is 8.42 Å². The topological polar surface area (TPSA) is 37.4 Å².